The van der Waals surface area contributed by atoms with E-state index < -0.39 is 0 Å². The molecule has 2 aromatic rings. The summed E-state index contributed by atoms with van der Waals surface area (Å²) >= 11 is 18.3. The van der Waals surface area contributed by atoms with Gasteiger partial charge in [-0.05, 0) is 43.7 Å². The van der Waals surface area contributed by atoms with E-state index in [4.69, 9.17) is 39.5 Å². The Morgan fingerprint density at radius 1 is 1.05 bits per heavy atom. The largest absolute Gasteiger partial charge is 0.489 e. The summed E-state index contributed by atoms with van der Waals surface area (Å²) in [7, 11) is 0. The van der Waals surface area contributed by atoms with Gasteiger partial charge in [-0.3, -0.25) is 0 Å². The van der Waals surface area contributed by atoms with E-state index in [0.717, 1.165) is 11.3 Å². The number of nitrogens with one attached hydrogen (secondary N) is 1. The predicted molar refractivity (Wildman–Crippen MR) is 91.0 cm³/mol. The molecule has 0 saturated carbocycles. The predicted octanol–water partition coefficient (Wildman–Crippen LogP) is 6.05. The van der Waals surface area contributed by atoms with Crippen LogP contribution < -0.4 is 10.1 Å². The van der Waals surface area contributed by atoms with Crippen molar-refractivity contribution in [1.82, 2.24) is 0 Å². The van der Waals surface area contributed by atoms with Crippen molar-refractivity contribution >= 4 is 40.5 Å². The number of hydrogen-bond acceptors (Lipinski definition) is 2. The first kappa shape index (κ1) is 16.3. The zero-order valence-electron chi connectivity index (χ0n) is 11.8. The molecule has 0 aliphatic carbocycles. The number of hydrogen-bond donors (Lipinski definition) is 1. The van der Waals surface area contributed by atoms with Gasteiger partial charge in [0.1, 0.15) is 5.75 Å². The van der Waals surface area contributed by atoms with Crippen molar-refractivity contribution in [2.24, 2.45) is 0 Å². The lowest BCUT2D eigenvalue weighted by Crippen LogP contribution is -2.06. The number of rotatable bonds is 5. The molecule has 0 aliphatic rings. The molecule has 0 heterocycles. The summed E-state index contributed by atoms with van der Waals surface area (Å²) < 4.78 is 5.60. The van der Waals surface area contributed by atoms with E-state index in [0.29, 0.717) is 27.4 Å². The third-order valence-electron chi connectivity index (χ3n) is 2.81. The Kier molecular flexibility index (Phi) is 5.63. The highest BCUT2D eigenvalue weighted by atomic mass is 35.5. The molecule has 0 atom stereocenters. The first-order valence-corrected chi connectivity index (χ1v) is 7.73. The Balaban J connectivity index is 2.07. The molecule has 0 amide bonds. The van der Waals surface area contributed by atoms with Crippen LogP contribution >= 0.6 is 34.8 Å². The van der Waals surface area contributed by atoms with Gasteiger partial charge < -0.3 is 10.1 Å². The van der Waals surface area contributed by atoms with E-state index >= 15 is 0 Å². The normalized spacial score (nSPS) is 10.8. The summed E-state index contributed by atoms with van der Waals surface area (Å²) in [5.41, 5.74) is 1.83. The van der Waals surface area contributed by atoms with Crippen molar-refractivity contribution in [3.05, 3.63) is 57.0 Å². The third-order valence-corrected chi connectivity index (χ3v) is 3.96. The minimum atomic E-state index is 0.0894. The van der Waals surface area contributed by atoms with E-state index in [1.165, 1.54) is 0 Å². The van der Waals surface area contributed by atoms with E-state index in [-0.39, 0.29) is 6.10 Å². The van der Waals surface area contributed by atoms with Crippen LogP contribution in [0.4, 0.5) is 5.69 Å². The first-order valence-electron chi connectivity index (χ1n) is 6.60. The Labute approximate surface area is 140 Å². The van der Waals surface area contributed by atoms with Gasteiger partial charge in [0.15, 0.2) is 0 Å². The van der Waals surface area contributed by atoms with Crippen LogP contribution in [0.1, 0.15) is 19.4 Å². The fourth-order valence-electron chi connectivity index (χ4n) is 1.84. The van der Waals surface area contributed by atoms with Gasteiger partial charge in [0.25, 0.3) is 0 Å². The van der Waals surface area contributed by atoms with Crippen LogP contribution in [0.25, 0.3) is 0 Å². The molecule has 0 unspecified atom stereocenters. The van der Waals surface area contributed by atoms with Crippen LogP contribution in [0.15, 0.2) is 36.4 Å². The average Bonchev–Trinajstić information content (AvgIpc) is 2.43. The highest BCUT2D eigenvalue weighted by Gasteiger charge is 2.07. The van der Waals surface area contributed by atoms with Gasteiger partial charge >= 0.3 is 0 Å². The van der Waals surface area contributed by atoms with E-state index in [2.05, 4.69) is 5.32 Å². The van der Waals surface area contributed by atoms with Crippen LogP contribution in [0.5, 0.6) is 5.75 Å². The number of halogens is 3. The maximum atomic E-state index is 6.20. The minimum Gasteiger partial charge on any atom is -0.489 e. The Morgan fingerprint density at radius 2 is 1.81 bits per heavy atom. The molecular weight excluding hydrogens is 329 g/mol. The standard InChI is InChI=1S/C16H16Cl3NO/c1-10(2)21-15-7-6-12(8-14(15)18)20-9-11-4-3-5-13(17)16(11)19/h3-8,10,20H,9H2,1-2H3. The smallest absolute Gasteiger partial charge is 0.138 e. The maximum absolute atomic E-state index is 6.20. The summed E-state index contributed by atoms with van der Waals surface area (Å²) in [4.78, 5) is 0. The van der Waals surface area contributed by atoms with Crippen molar-refractivity contribution in [2.45, 2.75) is 26.5 Å². The molecule has 0 aromatic heterocycles. The monoisotopic (exact) mass is 343 g/mol. The molecule has 2 nitrogen and oxygen atoms in total. The Hall–Kier alpha value is -1.09. The Morgan fingerprint density at radius 3 is 2.48 bits per heavy atom. The van der Waals surface area contributed by atoms with Crippen molar-refractivity contribution in [3.8, 4) is 5.75 Å². The molecule has 21 heavy (non-hydrogen) atoms. The lowest BCUT2D eigenvalue weighted by molar-refractivity contribution is 0.242. The van der Waals surface area contributed by atoms with E-state index in [9.17, 15) is 0 Å². The summed E-state index contributed by atoms with van der Waals surface area (Å²) in [6, 6.07) is 11.2. The molecule has 112 valence electrons. The van der Waals surface area contributed by atoms with Crippen LogP contribution in [0.3, 0.4) is 0 Å². The summed E-state index contributed by atoms with van der Waals surface area (Å²) in [5.74, 6) is 0.679. The SMILES string of the molecule is CC(C)Oc1ccc(NCc2cccc(Cl)c2Cl)cc1Cl. The molecule has 2 rings (SSSR count). The molecule has 0 saturated heterocycles. The van der Waals surface area contributed by atoms with Gasteiger partial charge in [0, 0.05) is 12.2 Å². The van der Waals surface area contributed by atoms with E-state index in [1.54, 1.807) is 6.07 Å². The van der Waals surface area contributed by atoms with Gasteiger partial charge in [-0.25, -0.2) is 0 Å². The fourth-order valence-corrected chi connectivity index (χ4v) is 2.45. The second-order valence-electron chi connectivity index (χ2n) is 4.88. The zero-order valence-corrected chi connectivity index (χ0v) is 14.1. The molecule has 5 heteroatoms. The van der Waals surface area contributed by atoms with Crippen molar-refractivity contribution in [1.29, 1.82) is 0 Å². The zero-order chi connectivity index (χ0) is 15.4. The second kappa shape index (κ2) is 7.26. The van der Waals surface area contributed by atoms with Crippen molar-refractivity contribution < 1.29 is 4.74 Å². The topological polar surface area (TPSA) is 21.3 Å². The molecular formula is C16H16Cl3NO. The molecule has 0 bridgehead atoms. The second-order valence-corrected chi connectivity index (χ2v) is 6.07. The molecule has 1 N–H and O–H groups in total. The molecule has 2 aromatic carbocycles. The average molecular weight is 345 g/mol. The van der Waals surface area contributed by atoms with Gasteiger partial charge in [0.05, 0.1) is 21.2 Å². The number of anilines is 1. The fraction of sp³-hybridized carbons (Fsp3) is 0.250. The lowest BCUT2D eigenvalue weighted by atomic mass is 10.2. The lowest BCUT2D eigenvalue weighted by Gasteiger charge is -2.13. The molecule has 0 fully saturated rings. The van der Waals surface area contributed by atoms with Gasteiger partial charge in [-0.1, -0.05) is 46.9 Å². The summed E-state index contributed by atoms with van der Waals surface area (Å²) in [6.07, 6.45) is 0.0894. The van der Waals surface area contributed by atoms with Crippen LogP contribution in [0, 0.1) is 0 Å². The number of ether oxygens (including phenoxy) is 1. The van der Waals surface area contributed by atoms with Gasteiger partial charge in [-0.15, -0.1) is 0 Å². The molecule has 0 spiro atoms. The number of benzene rings is 2. The highest BCUT2D eigenvalue weighted by molar-refractivity contribution is 6.42. The summed E-state index contributed by atoms with van der Waals surface area (Å²) in [5, 5.41) is 4.96. The molecule has 0 aliphatic heterocycles. The Bertz CT molecular complexity index is 629. The van der Waals surface area contributed by atoms with Crippen molar-refractivity contribution in [3.63, 3.8) is 0 Å². The van der Waals surface area contributed by atoms with E-state index in [1.807, 2.05) is 44.2 Å². The van der Waals surface area contributed by atoms with Crippen LogP contribution in [0.2, 0.25) is 15.1 Å². The minimum absolute atomic E-state index is 0.0894. The highest BCUT2D eigenvalue weighted by Crippen LogP contribution is 2.30. The first-order chi connectivity index (χ1) is 9.97. The van der Waals surface area contributed by atoms with Gasteiger partial charge in [-0.2, -0.15) is 0 Å². The maximum Gasteiger partial charge on any atom is 0.138 e. The quantitative estimate of drug-likeness (QED) is 0.713. The van der Waals surface area contributed by atoms with Gasteiger partial charge in [0.2, 0.25) is 0 Å². The third kappa shape index (κ3) is 4.44. The van der Waals surface area contributed by atoms with Crippen LogP contribution in [-0.4, -0.2) is 6.10 Å². The summed E-state index contributed by atoms with van der Waals surface area (Å²) in [6.45, 7) is 4.49. The van der Waals surface area contributed by atoms with Crippen LogP contribution in [-0.2, 0) is 6.54 Å². The van der Waals surface area contributed by atoms with Crippen molar-refractivity contribution in [2.75, 3.05) is 5.32 Å². The molecule has 0 radical (unpaired) electrons.